The van der Waals surface area contributed by atoms with E-state index in [1.807, 2.05) is 18.2 Å². The molecule has 0 spiro atoms. The summed E-state index contributed by atoms with van der Waals surface area (Å²) in [5.41, 5.74) is 5.75. The molecule has 3 aromatic carbocycles. The second-order valence-corrected chi connectivity index (χ2v) is 5.64. The van der Waals surface area contributed by atoms with Crippen molar-refractivity contribution in [2.75, 3.05) is 0 Å². The maximum atomic E-state index is 5.53. The van der Waals surface area contributed by atoms with Crippen molar-refractivity contribution < 1.29 is 13.7 Å². The average molecular weight is 312 g/mol. The summed E-state index contributed by atoms with van der Waals surface area (Å²) in [6, 6.07) is 27.1. The van der Waals surface area contributed by atoms with E-state index in [1.54, 1.807) is 0 Å². The van der Waals surface area contributed by atoms with Crippen molar-refractivity contribution in [2.24, 2.45) is 0 Å². The van der Waals surface area contributed by atoms with Crippen LogP contribution in [0, 0.1) is 0 Å². The third kappa shape index (κ3) is 3.17. The minimum Gasteiger partial charge on any atom is -0.458 e. The Bertz CT molecular complexity index is 821. The van der Waals surface area contributed by atoms with Crippen LogP contribution in [0.15, 0.2) is 78.9 Å². The van der Waals surface area contributed by atoms with Crippen molar-refractivity contribution in [2.45, 2.75) is 0 Å². The minimum absolute atomic E-state index is 0.259. The fraction of sp³-hybridized carbons (Fsp3) is 0. The van der Waals surface area contributed by atoms with E-state index in [2.05, 4.69) is 60.7 Å². The van der Waals surface area contributed by atoms with Crippen LogP contribution in [0.3, 0.4) is 0 Å². The Morgan fingerprint density at radius 3 is 2.00 bits per heavy atom. The predicted octanol–water partition coefficient (Wildman–Crippen LogP) is 2.31. The van der Waals surface area contributed by atoms with Gasteiger partial charge in [-0.25, -0.2) is 0 Å². The van der Waals surface area contributed by atoms with E-state index in [4.69, 9.17) is 13.7 Å². The van der Waals surface area contributed by atoms with E-state index in [0.717, 1.165) is 11.0 Å². The van der Waals surface area contributed by atoms with Gasteiger partial charge < -0.3 is 13.7 Å². The summed E-state index contributed by atoms with van der Waals surface area (Å²) in [6.45, 7) is 0. The quantitative estimate of drug-likeness (QED) is 0.695. The summed E-state index contributed by atoms with van der Waals surface area (Å²) < 4.78 is 16.1. The molecule has 0 N–H and O–H groups in total. The van der Waals surface area contributed by atoms with Crippen LogP contribution in [0.4, 0.5) is 0 Å². The molecule has 3 nitrogen and oxygen atoms in total. The van der Waals surface area contributed by atoms with Crippen LogP contribution in [0.5, 0.6) is 0 Å². The third-order valence-corrected chi connectivity index (χ3v) is 4.09. The summed E-state index contributed by atoms with van der Waals surface area (Å²) in [4.78, 5) is 0. The Hall–Kier alpha value is -2.27. The van der Waals surface area contributed by atoms with Crippen LogP contribution in [0.25, 0.3) is 22.3 Å². The molecule has 4 rings (SSSR count). The monoisotopic (exact) mass is 312 g/mol. The van der Waals surface area contributed by atoms with Crippen molar-refractivity contribution in [3.63, 3.8) is 0 Å². The van der Waals surface area contributed by atoms with E-state index in [-0.39, 0.29) is 22.5 Å². The Kier molecular flexibility index (Phi) is 4.52. The molecule has 0 radical (unpaired) electrons. The highest BCUT2D eigenvalue weighted by Gasteiger charge is 2.26. The van der Waals surface area contributed by atoms with Crippen LogP contribution in [0.2, 0.25) is 0 Å². The molecule has 114 valence electrons. The lowest BCUT2D eigenvalue weighted by Crippen LogP contribution is -2.44. The van der Waals surface area contributed by atoms with Gasteiger partial charge in [-0.1, -0.05) is 78.9 Å². The van der Waals surface area contributed by atoms with Crippen LogP contribution < -0.4 is 5.46 Å². The first-order chi connectivity index (χ1) is 11.9. The van der Waals surface area contributed by atoms with Gasteiger partial charge in [-0.3, -0.25) is 0 Å². The molecule has 0 aliphatic carbocycles. The van der Waals surface area contributed by atoms with Gasteiger partial charge in [0.05, 0.1) is 0 Å². The lowest BCUT2D eigenvalue weighted by molar-refractivity contribution is 0.334. The summed E-state index contributed by atoms with van der Waals surface area (Å²) in [6.07, 6.45) is 0. The van der Waals surface area contributed by atoms with Crippen molar-refractivity contribution >= 4 is 28.0 Å². The van der Waals surface area contributed by atoms with Gasteiger partial charge in [0.15, 0.2) is 0 Å². The van der Waals surface area contributed by atoms with Crippen molar-refractivity contribution in [1.82, 2.24) is 0 Å². The molecule has 1 aliphatic heterocycles. The second kappa shape index (κ2) is 7.10. The second-order valence-electron chi connectivity index (χ2n) is 5.64. The van der Waals surface area contributed by atoms with Gasteiger partial charge in [-0.15, -0.1) is 0 Å². The molecule has 0 bridgehead atoms. The zero-order valence-corrected chi connectivity index (χ0v) is 13.2. The summed E-state index contributed by atoms with van der Waals surface area (Å²) in [5, 5.41) is 0. The lowest BCUT2D eigenvalue weighted by atomic mass is 9.74. The van der Waals surface area contributed by atoms with E-state index in [0.29, 0.717) is 0 Å². The molecule has 0 saturated carbocycles. The van der Waals surface area contributed by atoms with Crippen LogP contribution in [-0.4, -0.2) is 22.5 Å². The highest BCUT2D eigenvalue weighted by atomic mass is 16.7. The predicted molar refractivity (Wildman–Crippen MR) is 100 cm³/mol. The smallest absolute Gasteiger partial charge is 0.458 e. The minimum atomic E-state index is -0.373. The number of rotatable bonds is 3. The number of benzene rings is 3. The summed E-state index contributed by atoms with van der Waals surface area (Å²) in [7, 11) is 0.146. The molecule has 1 saturated heterocycles. The molecule has 0 unspecified atom stereocenters. The molecule has 1 heterocycles. The highest BCUT2D eigenvalue weighted by molar-refractivity contribution is 6.71. The fourth-order valence-electron chi connectivity index (χ4n) is 2.95. The first kappa shape index (κ1) is 15.3. The maximum Gasteiger partial charge on any atom is 0.466 e. The molecule has 3 aromatic rings. The Morgan fingerprint density at radius 1 is 0.625 bits per heavy atom. The van der Waals surface area contributed by atoms with Gasteiger partial charge >= 0.3 is 22.5 Å². The van der Waals surface area contributed by atoms with Crippen LogP contribution in [-0.2, 0) is 13.7 Å². The molecule has 24 heavy (non-hydrogen) atoms. The van der Waals surface area contributed by atoms with E-state index < -0.39 is 0 Å². The zero-order chi connectivity index (χ0) is 16.2. The first-order valence-corrected chi connectivity index (χ1v) is 7.97. The first-order valence-electron chi connectivity index (χ1n) is 7.97. The van der Waals surface area contributed by atoms with Crippen LogP contribution in [0.1, 0.15) is 0 Å². The third-order valence-electron chi connectivity index (χ3n) is 4.09. The molecule has 0 atom stereocenters. The van der Waals surface area contributed by atoms with Crippen LogP contribution >= 0.6 is 0 Å². The molecular weight excluding hydrogens is 297 g/mol. The molecule has 1 fully saturated rings. The highest BCUT2D eigenvalue weighted by Crippen LogP contribution is 2.31. The van der Waals surface area contributed by atoms with E-state index in [9.17, 15) is 0 Å². The van der Waals surface area contributed by atoms with Crippen molar-refractivity contribution in [3.05, 3.63) is 78.9 Å². The Balaban J connectivity index is 1.74. The number of hydrogen-bond donors (Lipinski definition) is 0. The standard InChI is InChI=1S/C18H15B3O3/c1-2-7-14(8-3-1)17-11-4-5-12-18(17)15-9-6-10-16(13-15)21-23-19-22-20-24-21/h1-13,19-20H. The SMILES string of the molecule is B1OBOB(c2cccc(-c3ccccc3-c3ccccc3)c2)O1. The normalized spacial score (nSPS) is 13.9. The van der Waals surface area contributed by atoms with Gasteiger partial charge in [-0.05, 0) is 27.7 Å². The van der Waals surface area contributed by atoms with Gasteiger partial charge in [-0.2, -0.15) is 0 Å². The average Bonchev–Trinajstić information content (AvgIpc) is 2.69. The molecule has 6 heteroatoms. The van der Waals surface area contributed by atoms with Gasteiger partial charge in [0.2, 0.25) is 0 Å². The molecule has 0 aromatic heterocycles. The van der Waals surface area contributed by atoms with Crippen molar-refractivity contribution in [1.29, 1.82) is 0 Å². The van der Waals surface area contributed by atoms with E-state index >= 15 is 0 Å². The number of hydrogen-bond acceptors (Lipinski definition) is 3. The van der Waals surface area contributed by atoms with Gasteiger partial charge in [0.25, 0.3) is 0 Å². The van der Waals surface area contributed by atoms with Gasteiger partial charge in [0, 0.05) is 0 Å². The van der Waals surface area contributed by atoms with Gasteiger partial charge in [0.1, 0.15) is 0 Å². The Morgan fingerprint density at radius 2 is 1.25 bits per heavy atom. The van der Waals surface area contributed by atoms with Crippen molar-refractivity contribution in [3.8, 4) is 22.3 Å². The summed E-state index contributed by atoms with van der Waals surface area (Å²) >= 11 is 0. The van der Waals surface area contributed by atoms with E-state index in [1.165, 1.54) is 16.7 Å². The molecule has 0 amide bonds. The maximum absolute atomic E-state index is 5.53. The molecule has 1 aliphatic rings. The zero-order valence-electron chi connectivity index (χ0n) is 13.2. The Labute approximate surface area is 143 Å². The molecular formula is C18H15B3O3. The largest absolute Gasteiger partial charge is 0.466 e. The fourth-order valence-corrected chi connectivity index (χ4v) is 2.95. The summed E-state index contributed by atoms with van der Waals surface area (Å²) in [5.74, 6) is 0. The topological polar surface area (TPSA) is 27.7 Å². The lowest BCUT2D eigenvalue weighted by Gasteiger charge is -2.20.